The first-order valence-corrected chi connectivity index (χ1v) is 8.63. The van der Waals surface area contributed by atoms with Crippen molar-refractivity contribution in [1.29, 1.82) is 10.5 Å². The van der Waals surface area contributed by atoms with E-state index in [9.17, 15) is 20.1 Å². The molecule has 1 unspecified atom stereocenters. The Bertz CT molecular complexity index is 902. The maximum atomic E-state index is 11.6. The molecule has 0 saturated heterocycles. The van der Waals surface area contributed by atoms with Gasteiger partial charge in [0.05, 0.1) is 23.0 Å². The third-order valence-corrected chi connectivity index (χ3v) is 6.25. The van der Waals surface area contributed by atoms with Crippen LogP contribution in [0.3, 0.4) is 0 Å². The van der Waals surface area contributed by atoms with Crippen LogP contribution in [0, 0.1) is 38.9 Å². The Balaban J connectivity index is 1.93. The van der Waals surface area contributed by atoms with Crippen molar-refractivity contribution in [3.05, 3.63) is 35.5 Å². The molecular formula is C20H18N2O4. The number of ether oxygens (including phenoxy) is 2. The van der Waals surface area contributed by atoms with E-state index in [0.717, 1.165) is 11.1 Å². The highest BCUT2D eigenvalue weighted by molar-refractivity contribution is 5.70. The minimum absolute atomic E-state index is 0.389. The smallest absolute Gasteiger partial charge is 0.302 e. The Labute approximate surface area is 151 Å². The molecule has 1 saturated carbocycles. The van der Waals surface area contributed by atoms with E-state index in [1.807, 2.05) is 12.2 Å². The first-order chi connectivity index (χ1) is 12.3. The average molecular weight is 350 g/mol. The summed E-state index contributed by atoms with van der Waals surface area (Å²) in [6.45, 7) is 2.67. The number of rotatable bonds is 2. The monoisotopic (exact) mass is 350 g/mol. The van der Waals surface area contributed by atoms with Crippen molar-refractivity contribution in [2.45, 2.75) is 45.3 Å². The molecule has 0 radical (unpaired) electrons. The third kappa shape index (κ3) is 1.69. The number of hydrogen-bond acceptors (Lipinski definition) is 6. The maximum Gasteiger partial charge on any atom is 0.302 e. The molecule has 1 spiro atoms. The van der Waals surface area contributed by atoms with Crippen LogP contribution in [0.25, 0.3) is 0 Å². The molecule has 0 heterocycles. The van der Waals surface area contributed by atoms with Crippen molar-refractivity contribution in [2.75, 3.05) is 0 Å². The highest BCUT2D eigenvalue weighted by Gasteiger charge is 2.75. The maximum absolute atomic E-state index is 11.6. The Hall–Kier alpha value is -2.86. The first-order valence-electron chi connectivity index (χ1n) is 8.63. The van der Waals surface area contributed by atoms with Gasteiger partial charge in [-0.25, -0.2) is 0 Å². The summed E-state index contributed by atoms with van der Waals surface area (Å²) in [5, 5.41) is 20.1. The normalized spacial score (nSPS) is 41.2. The van der Waals surface area contributed by atoms with E-state index < -0.39 is 40.4 Å². The van der Waals surface area contributed by atoms with Crippen LogP contribution in [-0.4, -0.2) is 24.1 Å². The molecule has 6 nitrogen and oxygen atoms in total. The van der Waals surface area contributed by atoms with Gasteiger partial charge in [0.15, 0.2) is 0 Å². The van der Waals surface area contributed by atoms with Gasteiger partial charge in [0.1, 0.15) is 17.6 Å². The zero-order valence-electron chi connectivity index (χ0n) is 14.6. The quantitative estimate of drug-likeness (QED) is 0.560. The Kier molecular flexibility index (Phi) is 3.24. The van der Waals surface area contributed by atoms with Crippen molar-refractivity contribution >= 4 is 11.9 Å². The van der Waals surface area contributed by atoms with Gasteiger partial charge in [-0.1, -0.05) is 29.9 Å². The van der Waals surface area contributed by atoms with Crippen LogP contribution >= 0.6 is 0 Å². The Morgan fingerprint density at radius 2 is 1.77 bits per heavy atom. The van der Waals surface area contributed by atoms with Crippen LogP contribution in [0.1, 0.15) is 33.1 Å². The van der Waals surface area contributed by atoms with Crippen LogP contribution in [0.2, 0.25) is 0 Å². The van der Waals surface area contributed by atoms with Crippen LogP contribution < -0.4 is 0 Å². The van der Waals surface area contributed by atoms with Crippen LogP contribution in [0.15, 0.2) is 35.5 Å². The number of nitriles is 2. The molecule has 26 heavy (non-hydrogen) atoms. The second-order valence-electron chi connectivity index (χ2n) is 7.46. The molecule has 4 aliphatic carbocycles. The van der Waals surface area contributed by atoms with E-state index in [2.05, 4.69) is 12.1 Å². The highest BCUT2D eigenvalue weighted by Crippen LogP contribution is 2.73. The van der Waals surface area contributed by atoms with E-state index in [1.165, 1.54) is 13.8 Å². The Morgan fingerprint density at radius 3 is 2.38 bits per heavy atom. The van der Waals surface area contributed by atoms with Crippen molar-refractivity contribution in [1.82, 2.24) is 0 Å². The van der Waals surface area contributed by atoms with Gasteiger partial charge >= 0.3 is 11.9 Å². The molecule has 132 valence electrons. The number of carbonyl (C=O) groups excluding carboxylic acids is 2. The molecule has 0 bridgehead atoms. The molecule has 6 heteroatoms. The second-order valence-corrected chi connectivity index (χ2v) is 7.46. The minimum atomic E-state index is -1.12. The van der Waals surface area contributed by atoms with Gasteiger partial charge < -0.3 is 9.47 Å². The van der Waals surface area contributed by atoms with Crippen molar-refractivity contribution in [2.24, 2.45) is 16.2 Å². The molecule has 0 aliphatic heterocycles. The molecule has 4 aliphatic rings. The summed E-state index contributed by atoms with van der Waals surface area (Å²) in [5.41, 5.74) is -1.04. The fourth-order valence-corrected chi connectivity index (χ4v) is 5.33. The molecule has 1 fully saturated rings. The Morgan fingerprint density at radius 1 is 1.08 bits per heavy atom. The van der Waals surface area contributed by atoms with Gasteiger partial charge in [-0.3, -0.25) is 9.59 Å². The lowest BCUT2D eigenvalue weighted by Gasteiger charge is -2.63. The van der Waals surface area contributed by atoms with E-state index in [0.29, 0.717) is 19.3 Å². The third-order valence-electron chi connectivity index (χ3n) is 6.25. The molecule has 0 aromatic heterocycles. The standard InChI is InChI=1S/C20H18N2O4/c1-12(23)25-15-8-14-4-3-5-20-16(26-13(2)24)9-18(20,10-21)6-7-19(15,11-22)17(14)20/h3,5-7,15-16H,4,8-9H2,1-2H3/t15-,16?,18+,19-,20+/m0/s1. The summed E-state index contributed by atoms with van der Waals surface area (Å²) >= 11 is 0. The lowest BCUT2D eigenvalue weighted by atomic mass is 9.39. The highest BCUT2D eigenvalue weighted by atomic mass is 16.5. The largest absolute Gasteiger partial charge is 0.461 e. The summed E-state index contributed by atoms with van der Waals surface area (Å²) in [6.07, 6.45) is 7.74. The zero-order chi connectivity index (χ0) is 18.7. The van der Waals surface area contributed by atoms with E-state index >= 15 is 0 Å². The van der Waals surface area contributed by atoms with Gasteiger partial charge in [0, 0.05) is 26.7 Å². The number of allylic oxidation sites excluding steroid dienone is 2. The van der Waals surface area contributed by atoms with Gasteiger partial charge in [0.25, 0.3) is 0 Å². The van der Waals surface area contributed by atoms with Crippen molar-refractivity contribution < 1.29 is 19.1 Å². The van der Waals surface area contributed by atoms with Gasteiger partial charge in [0.2, 0.25) is 0 Å². The molecule has 0 N–H and O–H groups in total. The second kappa shape index (κ2) is 5.08. The summed E-state index contributed by atoms with van der Waals surface area (Å²) in [7, 11) is 0. The van der Waals surface area contributed by atoms with E-state index in [4.69, 9.17) is 9.47 Å². The van der Waals surface area contributed by atoms with Crippen LogP contribution in [0.5, 0.6) is 0 Å². The summed E-state index contributed by atoms with van der Waals surface area (Å²) < 4.78 is 11.0. The lowest BCUT2D eigenvalue weighted by Crippen LogP contribution is -2.66. The van der Waals surface area contributed by atoms with Crippen LogP contribution in [-0.2, 0) is 19.1 Å². The first kappa shape index (κ1) is 16.6. The predicted molar refractivity (Wildman–Crippen MR) is 88.8 cm³/mol. The van der Waals surface area contributed by atoms with Crippen LogP contribution in [0.4, 0.5) is 0 Å². The SMILES string of the molecule is CC(=O)OC1C[C@@]2(C#N)C=C[C@@]3(C#N)C4=C(CC=C[C@]412)C[C@@H]3OC(C)=O. The predicted octanol–water partition coefficient (Wildman–Crippen LogP) is 2.49. The van der Waals surface area contributed by atoms with Gasteiger partial charge in [-0.05, 0) is 12.0 Å². The summed E-state index contributed by atoms with van der Waals surface area (Å²) in [4.78, 5) is 23.2. The fourth-order valence-electron chi connectivity index (χ4n) is 5.33. The fraction of sp³-hybridized carbons (Fsp3) is 0.500. The number of nitrogens with zero attached hydrogens (tertiary/aromatic N) is 2. The van der Waals surface area contributed by atoms with E-state index in [-0.39, 0.29) is 0 Å². The number of hydrogen-bond donors (Lipinski definition) is 0. The lowest BCUT2D eigenvalue weighted by molar-refractivity contribution is -0.173. The molecule has 0 aromatic rings. The molecule has 5 atom stereocenters. The van der Waals surface area contributed by atoms with Gasteiger partial charge in [-0.15, -0.1) is 0 Å². The molecule has 4 rings (SSSR count). The van der Waals surface area contributed by atoms with Crippen molar-refractivity contribution in [3.8, 4) is 12.1 Å². The average Bonchev–Trinajstić information content (AvgIpc) is 2.90. The number of carbonyl (C=O) groups is 2. The van der Waals surface area contributed by atoms with Crippen molar-refractivity contribution in [3.63, 3.8) is 0 Å². The van der Waals surface area contributed by atoms with E-state index in [1.54, 1.807) is 12.2 Å². The summed E-state index contributed by atoms with van der Waals surface area (Å²) in [6, 6.07) is 4.75. The molecule has 0 aromatic carbocycles. The topological polar surface area (TPSA) is 100 Å². The number of esters is 2. The molecule has 0 amide bonds. The zero-order valence-corrected chi connectivity index (χ0v) is 14.6. The molecular weight excluding hydrogens is 332 g/mol. The summed E-state index contributed by atoms with van der Waals surface area (Å²) in [5.74, 6) is -0.856. The minimum Gasteiger partial charge on any atom is -0.461 e. The van der Waals surface area contributed by atoms with Gasteiger partial charge in [-0.2, -0.15) is 10.5 Å².